The van der Waals surface area contributed by atoms with E-state index in [4.69, 9.17) is 11.6 Å². The van der Waals surface area contributed by atoms with E-state index >= 15 is 0 Å². The zero-order valence-corrected chi connectivity index (χ0v) is 12.3. The predicted octanol–water partition coefficient (Wildman–Crippen LogP) is 3.00. The quantitative estimate of drug-likeness (QED) is 0.625. The fraction of sp³-hybridized carbons (Fsp3) is 0.182. The summed E-state index contributed by atoms with van der Waals surface area (Å²) in [5, 5.41) is 2.65. The van der Waals surface area contributed by atoms with Crippen molar-refractivity contribution in [2.45, 2.75) is 11.1 Å². The van der Waals surface area contributed by atoms with Crippen LogP contribution in [0.4, 0.5) is 17.6 Å². The molecule has 0 aliphatic rings. The van der Waals surface area contributed by atoms with Gasteiger partial charge in [-0.3, -0.25) is 0 Å². The highest BCUT2D eigenvalue weighted by Gasteiger charge is 2.35. The molecule has 0 unspecified atom stereocenters. The molecule has 120 valence electrons. The van der Waals surface area contributed by atoms with Crippen LogP contribution in [0.2, 0.25) is 5.02 Å². The van der Waals surface area contributed by atoms with E-state index in [1.807, 2.05) is 0 Å². The van der Waals surface area contributed by atoms with Crippen LogP contribution in [0.25, 0.3) is 0 Å². The number of benzene rings is 1. The second kappa shape index (κ2) is 5.43. The van der Waals surface area contributed by atoms with Crippen LogP contribution in [0, 0.1) is 5.82 Å². The number of rotatable bonds is 3. The highest BCUT2D eigenvalue weighted by atomic mass is 35.5. The van der Waals surface area contributed by atoms with Crippen LogP contribution in [0.1, 0.15) is 5.69 Å². The first-order chi connectivity index (χ1) is 10.0. The number of alkyl halides is 3. The Balaban J connectivity index is 2.39. The summed E-state index contributed by atoms with van der Waals surface area (Å²) in [6, 6.07) is 2.83. The van der Waals surface area contributed by atoms with Crippen molar-refractivity contribution in [1.82, 2.24) is 9.78 Å². The van der Waals surface area contributed by atoms with Crippen LogP contribution >= 0.6 is 11.6 Å². The molecule has 0 aliphatic carbocycles. The third-order valence-electron chi connectivity index (χ3n) is 2.49. The van der Waals surface area contributed by atoms with Crippen LogP contribution in [0.5, 0.6) is 5.88 Å². The lowest BCUT2D eigenvalue weighted by molar-refractivity contribution is -0.141. The van der Waals surface area contributed by atoms with E-state index in [9.17, 15) is 26.0 Å². The van der Waals surface area contributed by atoms with Crippen molar-refractivity contribution in [1.29, 1.82) is 0 Å². The summed E-state index contributed by atoms with van der Waals surface area (Å²) in [5.74, 6) is -1.43. The first-order valence-electron chi connectivity index (χ1n) is 5.51. The summed E-state index contributed by atoms with van der Waals surface area (Å²) >= 11 is 5.60. The molecule has 11 heteroatoms. The molecule has 0 fully saturated rings. The Bertz CT molecular complexity index is 817. The van der Waals surface area contributed by atoms with Gasteiger partial charge in [-0.15, -0.1) is 0 Å². The van der Waals surface area contributed by atoms with E-state index in [-0.39, 0.29) is 0 Å². The molecular formula is C11H7ClF4N2O3S. The number of aromatic nitrogens is 2. The van der Waals surface area contributed by atoms with Gasteiger partial charge in [0.2, 0.25) is 5.88 Å². The molecule has 0 spiro atoms. The Morgan fingerprint density at radius 3 is 2.41 bits per heavy atom. The topological polar surface area (TPSA) is 61.2 Å². The van der Waals surface area contributed by atoms with Crippen molar-refractivity contribution < 1.29 is 30.2 Å². The van der Waals surface area contributed by atoms with Crippen molar-refractivity contribution in [3.8, 4) is 5.88 Å². The van der Waals surface area contributed by atoms with Gasteiger partial charge in [0.1, 0.15) is 10.7 Å². The van der Waals surface area contributed by atoms with Crippen molar-refractivity contribution in [3.05, 3.63) is 40.8 Å². The monoisotopic (exact) mass is 358 g/mol. The van der Waals surface area contributed by atoms with Gasteiger partial charge in [-0.1, -0.05) is 11.6 Å². The maximum Gasteiger partial charge on any atom is 0.435 e. The number of halogens is 5. The molecule has 1 heterocycles. The van der Waals surface area contributed by atoms with Gasteiger partial charge >= 0.3 is 16.3 Å². The van der Waals surface area contributed by atoms with Crippen LogP contribution in [0.15, 0.2) is 29.2 Å². The summed E-state index contributed by atoms with van der Waals surface area (Å²) in [6.45, 7) is 0. The Kier molecular flexibility index (Phi) is 4.09. The Morgan fingerprint density at radius 2 is 1.91 bits per heavy atom. The summed E-state index contributed by atoms with van der Waals surface area (Å²) in [5.41, 5.74) is -1.31. The zero-order valence-electron chi connectivity index (χ0n) is 10.7. The second-order valence-corrected chi connectivity index (χ2v) is 6.02. The maximum absolute atomic E-state index is 12.9. The first kappa shape index (κ1) is 16.6. The van der Waals surface area contributed by atoms with Gasteiger partial charge in [0, 0.05) is 13.1 Å². The van der Waals surface area contributed by atoms with Crippen LogP contribution in [-0.4, -0.2) is 18.2 Å². The average molecular weight is 359 g/mol. The molecule has 2 rings (SSSR count). The molecule has 1 aromatic heterocycles. The van der Waals surface area contributed by atoms with Crippen LogP contribution < -0.4 is 4.18 Å². The fourth-order valence-electron chi connectivity index (χ4n) is 1.50. The van der Waals surface area contributed by atoms with E-state index in [0.29, 0.717) is 10.7 Å². The predicted molar refractivity (Wildman–Crippen MR) is 67.4 cm³/mol. The molecule has 0 amide bonds. The first-order valence-corrected chi connectivity index (χ1v) is 7.30. The number of hydrogen-bond donors (Lipinski definition) is 0. The van der Waals surface area contributed by atoms with Crippen molar-refractivity contribution in [3.63, 3.8) is 0 Å². The molecule has 0 aliphatic heterocycles. The van der Waals surface area contributed by atoms with Crippen LogP contribution in [0.3, 0.4) is 0 Å². The van der Waals surface area contributed by atoms with Gasteiger partial charge in [0.15, 0.2) is 5.69 Å². The molecule has 0 saturated carbocycles. The van der Waals surface area contributed by atoms with Crippen LogP contribution in [-0.2, 0) is 23.3 Å². The molecule has 0 atom stereocenters. The minimum Gasteiger partial charge on any atom is -0.358 e. The SMILES string of the molecule is Cn1nc(C(F)(F)F)cc1OS(=O)(=O)c1ccc(F)cc1Cl. The van der Waals surface area contributed by atoms with Gasteiger partial charge in [0.25, 0.3) is 0 Å². The Hall–Kier alpha value is -1.81. The average Bonchev–Trinajstić information content (AvgIpc) is 2.69. The molecule has 0 saturated heterocycles. The lowest BCUT2D eigenvalue weighted by Gasteiger charge is -2.08. The molecule has 0 radical (unpaired) electrons. The molecule has 22 heavy (non-hydrogen) atoms. The fourth-order valence-corrected chi connectivity index (χ4v) is 2.96. The van der Waals surface area contributed by atoms with E-state index in [2.05, 4.69) is 9.28 Å². The van der Waals surface area contributed by atoms with Crippen molar-refractivity contribution >= 4 is 21.7 Å². The smallest absolute Gasteiger partial charge is 0.358 e. The standard InChI is InChI=1S/C11H7ClF4N2O3S/c1-18-10(5-9(17-18)11(14,15)16)21-22(19,20)8-3-2-6(13)4-7(8)12/h2-5H,1H3. The number of hydrogen-bond acceptors (Lipinski definition) is 4. The van der Waals surface area contributed by atoms with E-state index in [1.54, 1.807) is 0 Å². The molecule has 5 nitrogen and oxygen atoms in total. The summed E-state index contributed by atoms with van der Waals surface area (Å²) in [7, 11) is -3.47. The highest BCUT2D eigenvalue weighted by Crippen LogP contribution is 2.32. The second-order valence-electron chi connectivity index (χ2n) is 4.10. The van der Waals surface area contributed by atoms with Gasteiger partial charge in [-0.05, 0) is 18.2 Å². The van der Waals surface area contributed by atoms with E-state index < -0.39 is 43.6 Å². The number of aryl methyl sites for hydroxylation is 1. The lowest BCUT2D eigenvalue weighted by atomic mass is 10.3. The lowest BCUT2D eigenvalue weighted by Crippen LogP contribution is -2.12. The Morgan fingerprint density at radius 1 is 1.27 bits per heavy atom. The minimum atomic E-state index is -4.75. The van der Waals surface area contributed by atoms with Gasteiger partial charge in [-0.25, -0.2) is 9.07 Å². The number of nitrogens with zero attached hydrogens (tertiary/aromatic N) is 2. The molecule has 1 aromatic carbocycles. The maximum atomic E-state index is 12.9. The normalized spacial score (nSPS) is 12.5. The minimum absolute atomic E-state index is 0.426. The molecular weight excluding hydrogens is 352 g/mol. The van der Waals surface area contributed by atoms with Crippen molar-refractivity contribution in [2.75, 3.05) is 0 Å². The molecule has 0 bridgehead atoms. The summed E-state index contributed by atoms with van der Waals surface area (Å²) < 4.78 is 79.6. The zero-order chi connectivity index (χ0) is 16.7. The van der Waals surface area contributed by atoms with E-state index in [1.165, 1.54) is 0 Å². The van der Waals surface area contributed by atoms with Gasteiger partial charge < -0.3 is 4.18 Å². The molecule has 0 N–H and O–H groups in total. The summed E-state index contributed by atoms with van der Waals surface area (Å²) in [4.78, 5) is -0.578. The van der Waals surface area contributed by atoms with Gasteiger partial charge in [-0.2, -0.15) is 26.7 Å². The largest absolute Gasteiger partial charge is 0.435 e. The molecule has 2 aromatic rings. The highest BCUT2D eigenvalue weighted by molar-refractivity contribution is 7.87. The third kappa shape index (κ3) is 3.33. The Labute approximate surface area is 127 Å². The third-order valence-corrected chi connectivity index (χ3v) is 4.20. The summed E-state index contributed by atoms with van der Waals surface area (Å²) in [6.07, 6.45) is -4.75. The van der Waals surface area contributed by atoms with Crippen molar-refractivity contribution in [2.24, 2.45) is 7.05 Å². The van der Waals surface area contributed by atoms with E-state index in [0.717, 1.165) is 25.2 Å². The van der Waals surface area contributed by atoms with Gasteiger partial charge in [0.05, 0.1) is 5.02 Å².